The first-order valence-electron chi connectivity index (χ1n) is 5.65. The summed E-state index contributed by atoms with van der Waals surface area (Å²) in [7, 11) is 0. The molecule has 0 aromatic rings. The maximum absolute atomic E-state index is 12.2. The number of allylic oxidation sites excluding steroid dienone is 3. The van der Waals surface area contributed by atoms with Crippen molar-refractivity contribution < 1.29 is 9.90 Å². The van der Waals surface area contributed by atoms with E-state index >= 15 is 0 Å². The lowest BCUT2D eigenvalue weighted by Crippen LogP contribution is -2.29. The predicted molar refractivity (Wildman–Crippen MR) is 57.1 cm³/mol. The fourth-order valence-corrected chi connectivity index (χ4v) is 3.42. The van der Waals surface area contributed by atoms with Gasteiger partial charge in [0.05, 0.1) is 5.60 Å². The van der Waals surface area contributed by atoms with Crippen LogP contribution < -0.4 is 0 Å². The Hall–Kier alpha value is -0.890. The van der Waals surface area contributed by atoms with Crippen LogP contribution in [0.1, 0.15) is 20.3 Å². The number of fused-ring (bicyclic) bond motifs is 5. The molecular formula is C13H16O2. The minimum absolute atomic E-state index is 0.140. The third kappa shape index (κ3) is 1.11. The lowest BCUT2D eigenvalue weighted by atomic mass is 9.84. The zero-order valence-corrected chi connectivity index (χ0v) is 9.10. The van der Waals surface area contributed by atoms with Gasteiger partial charge in [0.2, 0.25) is 0 Å². The summed E-state index contributed by atoms with van der Waals surface area (Å²) in [5, 5.41) is 9.93. The van der Waals surface area contributed by atoms with Crippen molar-refractivity contribution in [1.29, 1.82) is 0 Å². The van der Waals surface area contributed by atoms with Crippen LogP contribution in [0.25, 0.3) is 0 Å². The summed E-state index contributed by atoms with van der Waals surface area (Å²) in [5.41, 5.74) is -0.336. The smallest absolute Gasteiger partial charge is 0.165 e. The Morgan fingerprint density at radius 3 is 2.60 bits per heavy atom. The van der Waals surface area contributed by atoms with Crippen molar-refractivity contribution in [1.82, 2.24) is 0 Å². The zero-order valence-electron chi connectivity index (χ0n) is 9.10. The van der Waals surface area contributed by atoms with E-state index in [-0.39, 0.29) is 11.7 Å². The van der Waals surface area contributed by atoms with Gasteiger partial charge >= 0.3 is 0 Å². The van der Waals surface area contributed by atoms with Crippen molar-refractivity contribution in [2.24, 2.45) is 23.7 Å². The molecule has 0 saturated heterocycles. The molecule has 0 aromatic heterocycles. The third-order valence-corrected chi connectivity index (χ3v) is 4.11. The first kappa shape index (κ1) is 9.34. The molecule has 0 spiro atoms. The summed E-state index contributed by atoms with van der Waals surface area (Å²) in [6.45, 7) is 3.40. The summed E-state index contributed by atoms with van der Waals surface area (Å²) in [6.07, 6.45) is 7.59. The van der Waals surface area contributed by atoms with Gasteiger partial charge in [-0.05, 0) is 38.0 Å². The van der Waals surface area contributed by atoms with Gasteiger partial charge in [0.15, 0.2) is 5.78 Å². The van der Waals surface area contributed by atoms with Crippen LogP contribution in [-0.2, 0) is 4.79 Å². The number of hydrogen-bond donors (Lipinski definition) is 1. The summed E-state index contributed by atoms with van der Waals surface area (Å²) < 4.78 is 0. The topological polar surface area (TPSA) is 37.3 Å². The van der Waals surface area contributed by atoms with Gasteiger partial charge in [-0.1, -0.05) is 18.2 Å². The molecule has 1 fully saturated rings. The second-order valence-electron chi connectivity index (χ2n) is 5.56. The van der Waals surface area contributed by atoms with Crippen LogP contribution in [0.3, 0.4) is 0 Å². The number of ketones is 1. The van der Waals surface area contributed by atoms with E-state index in [9.17, 15) is 9.90 Å². The molecule has 2 heteroatoms. The van der Waals surface area contributed by atoms with E-state index in [1.54, 1.807) is 13.8 Å². The van der Waals surface area contributed by atoms with E-state index in [0.717, 1.165) is 6.42 Å². The number of Topliss-reactive ketones (excluding diaryl/α,β-unsaturated/α-hetero) is 1. The number of hydrogen-bond acceptors (Lipinski definition) is 2. The van der Waals surface area contributed by atoms with E-state index in [0.29, 0.717) is 23.3 Å². The van der Waals surface area contributed by atoms with Crippen LogP contribution in [0.5, 0.6) is 0 Å². The molecule has 3 aliphatic carbocycles. The molecule has 4 unspecified atom stereocenters. The molecule has 0 amide bonds. The molecule has 0 radical (unpaired) electrons. The molecule has 2 bridgehead atoms. The summed E-state index contributed by atoms with van der Waals surface area (Å²) in [6, 6.07) is 0. The van der Waals surface area contributed by atoms with Crippen molar-refractivity contribution in [2.75, 3.05) is 0 Å². The fourth-order valence-electron chi connectivity index (χ4n) is 3.42. The van der Waals surface area contributed by atoms with Gasteiger partial charge in [-0.3, -0.25) is 4.79 Å². The maximum atomic E-state index is 12.2. The van der Waals surface area contributed by atoms with Gasteiger partial charge < -0.3 is 5.11 Å². The summed E-state index contributed by atoms with van der Waals surface area (Å²) in [5.74, 6) is 1.67. The van der Waals surface area contributed by atoms with Crippen LogP contribution >= 0.6 is 0 Å². The van der Waals surface area contributed by atoms with Crippen LogP contribution in [0.15, 0.2) is 23.8 Å². The number of rotatable bonds is 1. The molecule has 2 nitrogen and oxygen atoms in total. The lowest BCUT2D eigenvalue weighted by Gasteiger charge is -2.21. The molecule has 80 valence electrons. The molecular weight excluding hydrogens is 188 g/mol. The van der Waals surface area contributed by atoms with E-state index in [2.05, 4.69) is 12.2 Å². The first-order valence-corrected chi connectivity index (χ1v) is 5.65. The predicted octanol–water partition coefficient (Wildman–Crippen LogP) is 1.70. The normalized spacial score (nSPS) is 42.3. The van der Waals surface area contributed by atoms with Crippen LogP contribution in [-0.4, -0.2) is 16.5 Å². The van der Waals surface area contributed by atoms with Crippen LogP contribution in [0, 0.1) is 23.7 Å². The number of aliphatic hydroxyl groups is 1. The average molecular weight is 204 g/mol. The first-order chi connectivity index (χ1) is 6.98. The molecule has 15 heavy (non-hydrogen) atoms. The van der Waals surface area contributed by atoms with Crippen molar-refractivity contribution >= 4 is 5.78 Å². The zero-order chi connectivity index (χ0) is 10.8. The van der Waals surface area contributed by atoms with E-state index < -0.39 is 5.60 Å². The third-order valence-electron chi connectivity index (χ3n) is 4.11. The quantitative estimate of drug-likeness (QED) is 0.660. The Labute approximate surface area is 89.7 Å². The largest absolute Gasteiger partial charge is 0.386 e. The van der Waals surface area contributed by atoms with Crippen molar-refractivity contribution in [3.05, 3.63) is 23.8 Å². The van der Waals surface area contributed by atoms with Crippen molar-refractivity contribution in [2.45, 2.75) is 25.9 Å². The molecule has 0 heterocycles. The standard InChI is InChI=1S/C13H16O2/c1-13(2,15)10-6-9-7-3-4-8(5-7)11(9)12(10)14/h3-4,6-9,11,15H,5H2,1-2H3. The average Bonchev–Trinajstić information content (AvgIpc) is 2.73. The van der Waals surface area contributed by atoms with Crippen LogP contribution in [0.4, 0.5) is 0 Å². The molecule has 3 rings (SSSR count). The Kier molecular flexibility index (Phi) is 1.63. The Balaban J connectivity index is 1.99. The highest BCUT2D eigenvalue weighted by Crippen LogP contribution is 2.54. The Bertz CT molecular complexity index is 384. The maximum Gasteiger partial charge on any atom is 0.165 e. The summed E-state index contributed by atoms with van der Waals surface area (Å²) >= 11 is 0. The minimum Gasteiger partial charge on any atom is -0.386 e. The monoisotopic (exact) mass is 204 g/mol. The molecule has 0 aromatic carbocycles. The van der Waals surface area contributed by atoms with Crippen molar-refractivity contribution in [3.63, 3.8) is 0 Å². The van der Waals surface area contributed by atoms with Crippen molar-refractivity contribution in [3.8, 4) is 0 Å². The van der Waals surface area contributed by atoms with Gasteiger partial charge in [-0.15, -0.1) is 0 Å². The Morgan fingerprint density at radius 2 is 2.00 bits per heavy atom. The second kappa shape index (κ2) is 2.62. The highest BCUT2D eigenvalue weighted by atomic mass is 16.3. The summed E-state index contributed by atoms with van der Waals surface area (Å²) in [4.78, 5) is 12.2. The minimum atomic E-state index is -0.971. The van der Waals surface area contributed by atoms with Crippen LogP contribution in [0.2, 0.25) is 0 Å². The fraction of sp³-hybridized carbons (Fsp3) is 0.615. The van der Waals surface area contributed by atoms with Gasteiger partial charge in [0.1, 0.15) is 0 Å². The number of carbonyl (C=O) groups is 1. The van der Waals surface area contributed by atoms with Gasteiger partial charge in [0.25, 0.3) is 0 Å². The van der Waals surface area contributed by atoms with E-state index in [1.165, 1.54) is 0 Å². The highest BCUT2D eigenvalue weighted by Gasteiger charge is 2.52. The van der Waals surface area contributed by atoms with Gasteiger partial charge in [-0.25, -0.2) is 0 Å². The van der Waals surface area contributed by atoms with Gasteiger partial charge in [-0.2, -0.15) is 0 Å². The van der Waals surface area contributed by atoms with Gasteiger partial charge in [0, 0.05) is 11.5 Å². The molecule has 0 aliphatic heterocycles. The Morgan fingerprint density at radius 1 is 1.33 bits per heavy atom. The SMILES string of the molecule is CC(C)(O)C1=CC2C3C=CC(C3)C2C1=O. The number of carbonyl (C=O) groups excluding carboxylic acids is 1. The molecule has 4 atom stereocenters. The lowest BCUT2D eigenvalue weighted by molar-refractivity contribution is -0.121. The van der Waals surface area contributed by atoms with E-state index in [4.69, 9.17) is 0 Å². The second-order valence-corrected chi connectivity index (χ2v) is 5.56. The molecule has 1 saturated carbocycles. The molecule has 1 N–H and O–H groups in total. The highest BCUT2D eigenvalue weighted by molar-refractivity contribution is 6.02. The molecule has 3 aliphatic rings. The van der Waals surface area contributed by atoms with E-state index in [1.807, 2.05) is 6.08 Å².